The highest BCUT2D eigenvalue weighted by molar-refractivity contribution is 9.09. The molecule has 1 aromatic carbocycles. The fraction of sp³-hybridized carbons (Fsp3) is 0.300. The molecule has 0 fully saturated rings. The quantitative estimate of drug-likeness (QED) is 0.468. The highest BCUT2D eigenvalue weighted by Crippen LogP contribution is 2.26. The predicted molar refractivity (Wildman–Crippen MR) is 66.6 cm³/mol. The molecule has 0 aliphatic heterocycles. The van der Waals surface area contributed by atoms with E-state index in [1.807, 2.05) is 0 Å². The molecule has 0 radical (unpaired) electrons. The maximum atomic E-state index is 11.5. The second-order valence-corrected chi connectivity index (χ2v) is 5.34. The van der Waals surface area contributed by atoms with Crippen LogP contribution in [0.2, 0.25) is 0 Å². The molecule has 0 heterocycles. The molecule has 0 amide bonds. The van der Waals surface area contributed by atoms with E-state index < -0.39 is 10.1 Å². The molecule has 1 aromatic rings. The van der Waals surface area contributed by atoms with Gasteiger partial charge in [-0.15, -0.1) is 0 Å². The van der Waals surface area contributed by atoms with Crippen LogP contribution in [0.15, 0.2) is 18.2 Å². The molecule has 0 spiro atoms. The molecule has 1 rings (SSSR count). The average molecular weight is 323 g/mol. The number of hydrogen-bond donors (Lipinski definition) is 0. The molecule has 0 saturated heterocycles. The maximum absolute atomic E-state index is 11.5. The van der Waals surface area contributed by atoms with E-state index in [9.17, 15) is 13.2 Å². The third-order valence-electron chi connectivity index (χ3n) is 1.84. The zero-order valence-corrected chi connectivity index (χ0v) is 11.7. The Hall–Kier alpha value is -1.08. The van der Waals surface area contributed by atoms with Crippen LogP contribution >= 0.6 is 15.9 Å². The molecule has 0 N–H and O–H groups in total. The lowest BCUT2D eigenvalue weighted by atomic mass is 10.1. The second kappa shape index (κ2) is 5.50. The summed E-state index contributed by atoms with van der Waals surface area (Å²) >= 11 is 3.05. The molecule has 0 aromatic heterocycles. The molecule has 94 valence electrons. The molecule has 7 heteroatoms. The molecule has 0 saturated carbocycles. The summed E-state index contributed by atoms with van der Waals surface area (Å²) in [4.78, 5) is 11.5. The molecule has 5 nitrogen and oxygen atoms in total. The average Bonchev–Trinajstić information content (AvgIpc) is 2.25. The van der Waals surface area contributed by atoms with Crippen LogP contribution in [0.3, 0.4) is 0 Å². The van der Waals surface area contributed by atoms with E-state index in [1.165, 1.54) is 25.3 Å². The van der Waals surface area contributed by atoms with Crippen molar-refractivity contribution in [3.05, 3.63) is 23.8 Å². The van der Waals surface area contributed by atoms with Crippen LogP contribution in [0.5, 0.6) is 11.5 Å². The zero-order chi connectivity index (χ0) is 13.1. The number of Topliss-reactive ketones (excluding diaryl/α,β-unsaturated/α-hetero) is 1. The monoisotopic (exact) mass is 322 g/mol. The molecule has 0 atom stereocenters. The highest BCUT2D eigenvalue weighted by atomic mass is 79.9. The number of carbonyl (C=O) groups excluding carboxylic acids is 1. The minimum atomic E-state index is -3.59. The van der Waals surface area contributed by atoms with Gasteiger partial charge in [-0.05, 0) is 12.1 Å². The Morgan fingerprint density at radius 3 is 2.53 bits per heavy atom. The van der Waals surface area contributed by atoms with Crippen LogP contribution in [0.25, 0.3) is 0 Å². The van der Waals surface area contributed by atoms with Crippen molar-refractivity contribution < 1.29 is 22.1 Å². The normalized spacial score (nSPS) is 11.0. The Kier molecular flexibility index (Phi) is 4.53. The zero-order valence-electron chi connectivity index (χ0n) is 9.27. The first-order valence-corrected chi connectivity index (χ1v) is 7.48. The van der Waals surface area contributed by atoms with Gasteiger partial charge in [-0.1, -0.05) is 15.9 Å². The van der Waals surface area contributed by atoms with Crippen LogP contribution in [0.4, 0.5) is 0 Å². The van der Waals surface area contributed by atoms with Crippen molar-refractivity contribution in [3.8, 4) is 11.5 Å². The van der Waals surface area contributed by atoms with Crippen molar-refractivity contribution in [3.63, 3.8) is 0 Å². The van der Waals surface area contributed by atoms with E-state index in [0.717, 1.165) is 6.26 Å². The number of hydrogen-bond acceptors (Lipinski definition) is 5. The van der Waals surface area contributed by atoms with Crippen LogP contribution in [0.1, 0.15) is 10.4 Å². The number of methoxy groups -OCH3 is 1. The van der Waals surface area contributed by atoms with Crippen LogP contribution < -0.4 is 8.92 Å². The summed E-state index contributed by atoms with van der Waals surface area (Å²) in [7, 11) is -2.20. The number of carbonyl (C=O) groups is 1. The molecular weight excluding hydrogens is 312 g/mol. The largest absolute Gasteiger partial charge is 0.496 e. The van der Waals surface area contributed by atoms with Gasteiger partial charge in [0, 0.05) is 6.07 Å². The summed E-state index contributed by atoms with van der Waals surface area (Å²) in [6.07, 6.45) is 0.941. The van der Waals surface area contributed by atoms with Gasteiger partial charge in [0.25, 0.3) is 0 Å². The summed E-state index contributed by atoms with van der Waals surface area (Å²) in [5, 5.41) is 0.162. The fourth-order valence-electron chi connectivity index (χ4n) is 1.20. The second-order valence-electron chi connectivity index (χ2n) is 3.21. The molecule has 0 unspecified atom stereocenters. The SMILES string of the molecule is COc1cc(OS(C)(=O)=O)ccc1C(=O)CBr. The van der Waals surface area contributed by atoms with E-state index in [-0.39, 0.29) is 22.6 Å². The summed E-state index contributed by atoms with van der Waals surface area (Å²) < 4.78 is 31.6. The van der Waals surface area contributed by atoms with Crippen molar-refractivity contribution in [1.29, 1.82) is 0 Å². The number of halogens is 1. The van der Waals surface area contributed by atoms with Gasteiger partial charge in [0.1, 0.15) is 11.5 Å². The number of ketones is 1. The van der Waals surface area contributed by atoms with Crippen LogP contribution in [0, 0.1) is 0 Å². The van der Waals surface area contributed by atoms with E-state index in [1.54, 1.807) is 0 Å². The maximum Gasteiger partial charge on any atom is 0.306 e. The van der Waals surface area contributed by atoms with E-state index in [0.29, 0.717) is 5.56 Å². The van der Waals surface area contributed by atoms with Gasteiger partial charge >= 0.3 is 10.1 Å². The van der Waals surface area contributed by atoms with Crippen LogP contribution in [-0.2, 0) is 10.1 Å². The molecule has 0 bridgehead atoms. The number of benzene rings is 1. The number of ether oxygens (including phenoxy) is 1. The third kappa shape index (κ3) is 4.01. The summed E-state index contributed by atoms with van der Waals surface area (Å²) in [6, 6.07) is 4.22. The summed E-state index contributed by atoms with van der Waals surface area (Å²) in [5.74, 6) is 0.221. The lowest BCUT2D eigenvalue weighted by Crippen LogP contribution is -2.07. The highest BCUT2D eigenvalue weighted by Gasteiger charge is 2.13. The first kappa shape index (κ1) is 14.0. The van der Waals surface area contributed by atoms with E-state index >= 15 is 0 Å². The topological polar surface area (TPSA) is 69.7 Å². The molecular formula is C10H11BrO5S. The molecule has 0 aliphatic carbocycles. The minimum absolute atomic E-state index is 0.107. The first-order valence-electron chi connectivity index (χ1n) is 4.54. The van der Waals surface area contributed by atoms with Gasteiger partial charge in [-0.3, -0.25) is 4.79 Å². The van der Waals surface area contributed by atoms with Gasteiger partial charge in [-0.25, -0.2) is 0 Å². The Labute approximate surface area is 108 Å². The van der Waals surface area contributed by atoms with E-state index in [2.05, 4.69) is 20.1 Å². The summed E-state index contributed by atoms with van der Waals surface area (Å²) in [5.41, 5.74) is 0.366. The van der Waals surface area contributed by atoms with Crippen molar-refractivity contribution >= 4 is 31.8 Å². The van der Waals surface area contributed by atoms with Crippen molar-refractivity contribution in [2.45, 2.75) is 0 Å². The Balaban J connectivity index is 3.13. The fourth-order valence-corrected chi connectivity index (χ4v) is 1.96. The third-order valence-corrected chi connectivity index (χ3v) is 2.85. The Morgan fingerprint density at radius 2 is 2.06 bits per heavy atom. The lowest BCUT2D eigenvalue weighted by molar-refractivity contribution is 0.102. The summed E-state index contributed by atoms with van der Waals surface area (Å²) in [6.45, 7) is 0. The predicted octanol–water partition coefficient (Wildman–Crippen LogP) is 1.61. The van der Waals surface area contributed by atoms with Crippen LogP contribution in [-0.4, -0.2) is 32.9 Å². The van der Waals surface area contributed by atoms with Gasteiger partial charge < -0.3 is 8.92 Å². The Bertz CT molecular complexity index is 523. The molecule has 17 heavy (non-hydrogen) atoms. The van der Waals surface area contributed by atoms with Crippen molar-refractivity contribution in [1.82, 2.24) is 0 Å². The van der Waals surface area contributed by atoms with Crippen molar-refractivity contribution in [2.75, 3.05) is 18.7 Å². The minimum Gasteiger partial charge on any atom is -0.496 e. The lowest BCUT2D eigenvalue weighted by Gasteiger charge is -2.09. The van der Waals surface area contributed by atoms with Gasteiger partial charge in [0.05, 0.1) is 24.3 Å². The smallest absolute Gasteiger partial charge is 0.306 e. The first-order chi connectivity index (χ1) is 7.87. The van der Waals surface area contributed by atoms with Gasteiger partial charge in [0.15, 0.2) is 5.78 Å². The standard InChI is InChI=1S/C10H11BrO5S/c1-15-10-5-7(16-17(2,13)14)3-4-8(10)9(12)6-11/h3-5H,6H2,1-2H3. The number of rotatable bonds is 5. The van der Waals surface area contributed by atoms with Crippen molar-refractivity contribution in [2.24, 2.45) is 0 Å². The number of alkyl halides is 1. The van der Waals surface area contributed by atoms with E-state index in [4.69, 9.17) is 4.74 Å². The van der Waals surface area contributed by atoms with Gasteiger partial charge in [-0.2, -0.15) is 8.42 Å². The van der Waals surface area contributed by atoms with Gasteiger partial charge in [0.2, 0.25) is 0 Å². The Morgan fingerprint density at radius 1 is 1.41 bits per heavy atom. The molecule has 0 aliphatic rings.